The number of hydrogen-bond acceptors (Lipinski definition) is 3. The standard InChI is InChI=1S/C11H22N2O3S/c1-2-3-6-12-8-9-13(11-12)7-4-5-10-17(14,15)16/h11H,2-10H2,1H3/p+1. The monoisotopic (exact) mass is 263 g/mol. The van der Waals surface area contributed by atoms with Crippen LogP contribution in [-0.2, 0) is 10.1 Å². The average molecular weight is 263 g/mol. The summed E-state index contributed by atoms with van der Waals surface area (Å²) >= 11 is 0. The first-order chi connectivity index (χ1) is 8.01. The summed E-state index contributed by atoms with van der Waals surface area (Å²) in [5.74, 6) is -0.125. The van der Waals surface area contributed by atoms with Crippen LogP contribution in [-0.4, -0.2) is 60.7 Å². The molecule has 1 rings (SSSR count). The summed E-state index contributed by atoms with van der Waals surface area (Å²) in [5, 5.41) is 0. The molecule has 100 valence electrons. The highest BCUT2D eigenvalue weighted by molar-refractivity contribution is 7.85. The van der Waals surface area contributed by atoms with E-state index in [1.54, 1.807) is 0 Å². The molecule has 1 aliphatic rings. The maximum absolute atomic E-state index is 10.5. The van der Waals surface area contributed by atoms with Gasteiger partial charge in [-0.25, -0.2) is 0 Å². The van der Waals surface area contributed by atoms with E-state index in [0.717, 1.165) is 32.6 Å². The Kier molecular flexibility index (Phi) is 5.91. The molecule has 0 spiro atoms. The molecule has 0 atom stereocenters. The number of unbranched alkanes of at least 4 members (excludes halogenated alkanes) is 2. The van der Waals surface area contributed by atoms with Crippen molar-refractivity contribution in [1.82, 2.24) is 4.90 Å². The van der Waals surface area contributed by atoms with Gasteiger partial charge in [-0.15, -0.1) is 0 Å². The quantitative estimate of drug-likeness (QED) is 0.400. The minimum atomic E-state index is -3.78. The van der Waals surface area contributed by atoms with Gasteiger partial charge in [0, 0.05) is 0 Å². The van der Waals surface area contributed by atoms with Crippen molar-refractivity contribution < 1.29 is 17.5 Å². The van der Waals surface area contributed by atoms with Crippen LogP contribution in [0, 0.1) is 0 Å². The molecule has 0 amide bonds. The van der Waals surface area contributed by atoms with Crippen molar-refractivity contribution in [1.29, 1.82) is 0 Å². The van der Waals surface area contributed by atoms with Crippen LogP contribution in [0.25, 0.3) is 0 Å². The Morgan fingerprint density at radius 1 is 1.35 bits per heavy atom. The lowest BCUT2D eigenvalue weighted by molar-refractivity contribution is -0.514. The zero-order chi connectivity index (χ0) is 12.7. The van der Waals surface area contributed by atoms with Crippen LogP contribution in [0.5, 0.6) is 0 Å². The molecule has 5 nitrogen and oxygen atoms in total. The molecule has 0 unspecified atom stereocenters. The number of hydrogen-bond donors (Lipinski definition) is 1. The molecule has 0 radical (unpaired) electrons. The van der Waals surface area contributed by atoms with E-state index in [1.807, 2.05) is 0 Å². The topological polar surface area (TPSA) is 60.6 Å². The zero-order valence-corrected chi connectivity index (χ0v) is 11.3. The van der Waals surface area contributed by atoms with E-state index < -0.39 is 10.1 Å². The first-order valence-corrected chi connectivity index (χ1v) is 7.90. The van der Waals surface area contributed by atoms with Crippen LogP contribution >= 0.6 is 0 Å². The number of nitrogens with zero attached hydrogens (tertiary/aromatic N) is 2. The van der Waals surface area contributed by atoms with Gasteiger partial charge in [0.05, 0.1) is 18.8 Å². The van der Waals surface area contributed by atoms with Gasteiger partial charge in [-0.3, -0.25) is 14.0 Å². The highest BCUT2D eigenvalue weighted by Crippen LogP contribution is 2.01. The van der Waals surface area contributed by atoms with Crippen molar-refractivity contribution >= 4 is 16.5 Å². The Balaban J connectivity index is 2.15. The van der Waals surface area contributed by atoms with Gasteiger partial charge >= 0.3 is 0 Å². The van der Waals surface area contributed by atoms with Crippen molar-refractivity contribution in [3.8, 4) is 0 Å². The van der Waals surface area contributed by atoms with Gasteiger partial charge in [-0.1, -0.05) is 13.3 Å². The van der Waals surface area contributed by atoms with Gasteiger partial charge in [0.25, 0.3) is 10.1 Å². The molecular weight excluding hydrogens is 240 g/mol. The van der Waals surface area contributed by atoms with E-state index in [-0.39, 0.29) is 5.75 Å². The normalized spacial score (nSPS) is 16.4. The molecule has 0 fully saturated rings. The molecule has 6 heteroatoms. The fourth-order valence-electron chi connectivity index (χ4n) is 1.90. The maximum Gasteiger partial charge on any atom is 0.264 e. The first kappa shape index (κ1) is 14.4. The molecule has 0 aromatic carbocycles. The van der Waals surface area contributed by atoms with Crippen LogP contribution in [0.1, 0.15) is 32.6 Å². The van der Waals surface area contributed by atoms with Gasteiger partial charge in [-0.2, -0.15) is 8.42 Å². The molecule has 0 aromatic heterocycles. The van der Waals surface area contributed by atoms with Crippen molar-refractivity contribution in [2.24, 2.45) is 0 Å². The lowest BCUT2D eigenvalue weighted by atomic mass is 10.3. The Hall–Kier alpha value is -0.620. The molecule has 0 aliphatic carbocycles. The maximum atomic E-state index is 10.5. The summed E-state index contributed by atoms with van der Waals surface area (Å²) in [4.78, 5) is 2.22. The van der Waals surface area contributed by atoms with Crippen LogP contribution in [0.15, 0.2) is 0 Å². The van der Waals surface area contributed by atoms with Crippen LogP contribution in [0.4, 0.5) is 0 Å². The van der Waals surface area contributed by atoms with E-state index >= 15 is 0 Å². The third-order valence-corrected chi connectivity index (χ3v) is 3.70. The Morgan fingerprint density at radius 3 is 2.76 bits per heavy atom. The summed E-state index contributed by atoms with van der Waals surface area (Å²) < 4.78 is 32.0. The third kappa shape index (κ3) is 6.63. The fourth-order valence-corrected chi connectivity index (χ4v) is 2.47. The lowest BCUT2D eigenvalue weighted by Crippen LogP contribution is -2.21. The van der Waals surface area contributed by atoms with Gasteiger partial charge in [0.15, 0.2) is 0 Å². The van der Waals surface area contributed by atoms with Gasteiger partial charge in [0.1, 0.15) is 13.1 Å². The summed E-state index contributed by atoms with van der Waals surface area (Å²) in [7, 11) is -3.78. The van der Waals surface area contributed by atoms with Crippen molar-refractivity contribution in [3.63, 3.8) is 0 Å². The van der Waals surface area contributed by atoms with Crippen LogP contribution in [0.3, 0.4) is 0 Å². The van der Waals surface area contributed by atoms with E-state index in [9.17, 15) is 8.42 Å². The molecule has 1 aliphatic heterocycles. The highest BCUT2D eigenvalue weighted by Gasteiger charge is 2.18. The van der Waals surface area contributed by atoms with Crippen LogP contribution in [0.2, 0.25) is 0 Å². The van der Waals surface area contributed by atoms with Gasteiger partial charge in [-0.05, 0) is 19.3 Å². The summed E-state index contributed by atoms with van der Waals surface area (Å²) in [6.45, 7) is 6.26. The lowest BCUT2D eigenvalue weighted by Gasteiger charge is -2.05. The SMILES string of the molecule is CCCC[N+]1=CN(CCCCS(=O)(=O)O)CC1. The first-order valence-electron chi connectivity index (χ1n) is 6.29. The smallest absolute Gasteiger partial charge is 0.264 e. The van der Waals surface area contributed by atoms with Gasteiger partial charge < -0.3 is 0 Å². The molecule has 1 heterocycles. The second-order valence-electron chi connectivity index (χ2n) is 4.53. The molecule has 0 saturated carbocycles. The Labute approximate surface area is 104 Å². The third-order valence-electron chi connectivity index (χ3n) is 2.90. The summed E-state index contributed by atoms with van der Waals surface area (Å²) in [6.07, 6.45) is 5.89. The highest BCUT2D eigenvalue weighted by atomic mass is 32.2. The van der Waals surface area contributed by atoms with E-state index in [2.05, 4.69) is 22.7 Å². The average Bonchev–Trinajstić information content (AvgIpc) is 2.68. The Morgan fingerprint density at radius 2 is 2.12 bits per heavy atom. The van der Waals surface area contributed by atoms with E-state index in [1.165, 1.54) is 12.8 Å². The summed E-state index contributed by atoms with van der Waals surface area (Å²) in [5.41, 5.74) is 0. The van der Waals surface area contributed by atoms with E-state index in [4.69, 9.17) is 4.55 Å². The molecule has 0 saturated heterocycles. The largest absolute Gasteiger partial charge is 0.286 e. The Bertz CT molecular complexity index is 352. The fraction of sp³-hybridized carbons (Fsp3) is 0.909. The summed E-state index contributed by atoms with van der Waals surface area (Å²) in [6, 6.07) is 0. The zero-order valence-electron chi connectivity index (χ0n) is 10.5. The molecular formula is C11H23N2O3S+. The molecule has 0 bridgehead atoms. The van der Waals surface area contributed by atoms with Crippen molar-refractivity contribution in [2.75, 3.05) is 31.9 Å². The van der Waals surface area contributed by atoms with Crippen molar-refractivity contribution in [2.45, 2.75) is 32.6 Å². The molecule has 0 aromatic rings. The molecule has 1 N–H and O–H groups in total. The predicted molar refractivity (Wildman–Crippen MR) is 68.2 cm³/mol. The minimum Gasteiger partial charge on any atom is -0.286 e. The minimum absolute atomic E-state index is 0.125. The van der Waals surface area contributed by atoms with Gasteiger partial charge in [0.2, 0.25) is 6.34 Å². The van der Waals surface area contributed by atoms with Crippen LogP contribution < -0.4 is 0 Å². The van der Waals surface area contributed by atoms with E-state index in [0.29, 0.717) is 6.42 Å². The van der Waals surface area contributed by atoms with Crippen molar-refractivity contribution in [3.05, 3.63) is 0 Å². The number of rotatable bonds is 8. The predicted octanol–water partition coefficient (Wildman–Crippen LogP) is 0.811. The molecule has 17 heavy (non-hydrogen) atoms. The second-order valence-corrected chi connectivity index (χ2v) is 6.11. The second kappa shape index (κ2) is 6.96.